The minimum Gasteiger partial charge on any atom is -0.357 e. The standard InChI is InChI=1S/C19H37N5O.HI/c1-4-20-18(21-12-9-15-24-13-7-8-14-24)22-16-19(10-5-6-11-19)17(25)23(2)3;/h4-16H2,1-3H3,(H2,20,21,22);1H. The predicted octanol–water partition coefficient (Wildman–Crippen LogP) is 2.29. The molecule has 2 N–H and O–H groups in total. The quantitative estimate of drug-likeness (QED) is 0.243. The number of hydrogen-bond acceptors (Lipinski definition) is 3. The second kappa shape index (κ2) is 12.0. The van der Waals surface area contributed by atoms with Gasteiger partial charge < -0.3 is 20.4 Å². The van der Waals surface area contributed by atoms with Gasteiger partial charge in [-0.15, -0.1) is 24.0 Å². The summed E-state index contributed by atoms with van der Waals surface area (Å²) >= 11 is 0. The van der Waals surface area contributed by atoms with Crippen LogP contribution < -0.4 is 10.6 Å². The number of hydrogen-bond donors (Lipinski definition) is 2. The molecular formula is C19H38IN5O. The molecule has 1 saturated carbocycles. The van der Waals surface area contributed by atoms with Crippen LogP contribution in [0.3, 0.4) is 0 Å². The van der Waals surface area contributed by atoms with E-state index < -0.39 is 0 Å². The lowest BCUT2D eigenvalue weighted by Gasteiger charge is -2.29. The monoisotopic (exact) mass is 479 g/mol. The van der Waals surface area contributed by atoms with E-state index in [2.05, 4.69) is 22.5 Å². The van der Waals surface area contributed by atoms with Gasteiger partial charge >= 0.3 is 0 Å². The molecule has 26 heavy (non-hydrogen) atoms. The van der Waals surface area contributed by atoms with Crippen LogP contribution in [-0.2, 0) is 4.79 Å². The molecule has 2 rings (SSSR count). The molecule has 2 aliphatic rings. The van der Waals surface area contributed by atoms with Crippen LogP contribution >= 0.6 is 24.0 Å². The number of nitrogens with zero attached hydrogens (tertiary/aromatic N) is 3. The number of guanidine groups is 1. The van der Waals surface area contributed by atoms with Crippen molar-refractivity contribution in [1.29, 1.82) is 0 Å². The van der Waals surface area contributed by atoms with E-state index in [4.69, 9.17) is 4.99 Å². The van der Waals surface area contributed by atoms with Gasteiger partial charge in [-0.25, -0.2) is 0 Å². The van der Waals surface area contributed by atoms with E-state index in [1.807, 2.05) is 14.1 Å². The molecule has 152 valence electrons. The smallest absolute Gasteiger partial charge is 0.230 e. The van der Waals surface area contributed by atoms with Crippen LogP contribution in [0, 0.1) is 5.41 Å². The minimum atomic E-state index is -0.290. The van der Waals surface area contributed by atoms with Crippen LogP contribution in [0.5, 0.6) is 0 Å². The first kappa shape index (κ1) is 23.5. The Hall–Kier alpha value is -0.570. The number of nitrogens with one attached hydrogen (secondary N) is 2. The third kappa shape index (κ3) is 6.87. The maximum atomic E-state index is 12.7. The maximum absolute atomic E-state index is 12.7. The van der Waals surface area contributed by atoms with Gasteiger partial charge in [-0.05, 0) is 58.7 Å². The molecule has 0 radical (unpaired) electrons. The van der Waals surface area contributed by atoms with Crippen molar-refractivity contribution >= 4 is 35.8 Å². The summed E-state index contributed by atoms with van der Waals surface area (Å²) in [6.45, 7) is 8.11. The minimum absolute atomic E-state index is 0. The van der Waals surface area contributed by atoms with E-state index in [1.54, 1.807) is 4.90 Å². The Morgan fingerprint density at radius 3 is 2.35 bits per heavy atom. The maximum Gasteiger partial charge on any atom is 0.230 e. The van der Waals surface area contributed by atoms with Crippen LogP contribution in [-0.4, -0.2) is 75.0 Å². The van der Waals surface area contributed by atoms with Crippen molar-refractivity contribution in [3.05, 3.63) is 0 Å². The van der Waals surface area contributed by atoms with Gasteiger partial charge in [-0.3, -0.25) is 9.79 Å². The SMILES string of the molecule is CCNC(=NCC1(C(=O)N(C)C)CCCC1)NCCCN1CCCC1.I. The van der Waals surface area contributed by atoms with Crippen LogP contribution in [0.15, 0.2) is 4.99 Å². The summed E-state index contributed by atoms with van der Waals surface area (Å²) in [5.41, 5.74) is -0.290. The lowest BCUT2D eigenvalue weighted by Crippen LogP contribution is -2.43. The summed E-state index contributed by atoms with van der Waals surface area (Å²) in [5, 5.41) is 6.76. The zero-order valence-corrected chi connectivity index (χ0v) is 19.2. The fourth-order valence-electron chi connectivity index (χ4n) is 4.05. The Balaban J connectivity index is 0.00000338. The largest absolute Gasteiger partial charge is 0.357 e. The number of carbonyl (C=O) groups is 1. The van der Waals surface area contributed by atoms with Gasteiger partial charge in [-0.2, -0.15) is 0 Å². The number of rotatable bonds is 8. The second-order valence-corrected chi connectivity index (χ2v) is 7.71. The Labute approximate surface area is 176 Å². The molecule has 0 unspecified atom stereocenters. The van der Waals surface area contributed by atoms with E-state index in [0.29, 0.717) is 6.54 Å². The van der Waals surface area contributed by atoms with Gasteiger partial charge in [0.05, 0.1) is 12.0 Å². The summed E-state index contributed by atoms with van der Waals surface area (Å²) in [7, 11) is 3.71. The predicted molar refractivity (Wildman–Crippen MR) is 119 cm³/mol. The molecular weight excluding hydrogens is 441 g/mol. The van der Waals surface area contributed by atoms with E-state index in [0.717, 1.165) is 57.7 Å². The summed E-state index contributed by atoms with van der Waals surface area (Å²) < 4.78 is 0. The molecule has 0 aromatic carbocycles. The first-order valence-corrected chi connectivity index (χ1v) is 10.0. The fraction of sp³-hybridized carbons (Fsp3) is 0.895. The topological polar surface area (TPSA) is 60.0 Å². The van der Waals surface area contributed by atoms with Crippen molar-refractivity contribution in [3.8, 4) is 0 Å². The Morgan fingerprint density at radius 2 is 1.77 bits per heavy atom. The zero-order valence-electron chi connectivity index (χ0n) is 16.9. The molecule has 1 aliphatic carbocycles. The second-order valence-electron chi connectivity index (χ2n) is 7.71. The molecule has 6 nitrogen and oxygen atoms in total. The van der Waals surface area contributed by atoms with Gasteiger partial charge in [0.25, 0.3) is 0 Å². The van der Waals surface area contributed by atoms with E-state index in [-0.39, 0.29) is 35.3 Å². The summed E-state index contributed by atoms with van der Waals surface area (Å²) in [5.74, 6) is 1.08. The number of halogens is 1. The van der Waals surface area contributed by atoms with Crippen molar-refractivity contribution in [2.24, 2.45) is 10.4 Å². The van der Waals surface area contributed by atoms with Crippen molar-refractivity contribution < 1.29 is 4.79 Å². The lowest BCUT2D eigenvalue weighted by molar-refractivity contribution is -0.138. The van der Waals surface area contributed by atoms with Crippen LogP contribution in [0.1, 0.15) is 51.9 Å². The van der Waals surface area contributed by atoms with Gasteiger partial charge in [0, 0.05) is 27.2 Å². The highest BCUT2D eigenvalue weighted by molar-refractivity contribution is 14.0. The average molecular weight is 479 g/mol. The molecule has 0 aromatic rings. The third-order valence-corrected chi connectivity index (χ3v) is 5.45. The highest BCUT2D eigenvalue weighted by Gasteiger charge is 2.42. The Kier molecular flexibility index (Phi) is 10.8. The molecule has 0 atom stereocenters. The molecule has 2 fully saturated rings. The van der Waals surface area contributed by atoms with E-state index in [9.17, 15) is 4.79 Å². The van der Waals surface area contributed by atoms with Crippen molar-refractivity contribution in [3.63, 3.8) is 0 Å². The average Bonchev–Trinajstić information content (AvgIpc) is 3.28. The first-order valence-electron chi connectivity index (χ1n) is 10.0. The lowest BCUT2D eigenvalue weighted by atomic mass is 9.85. The first-order chi connectivity index (χ1) is 12.1. The Bertz CT molecular complexity index is 443. The molecule has 1 heterocycles. The summed E-state index contributed by atoms with van der Waals surface area (Å²) in [4.78, 5) is 21.7. The number of aliphatic imine (C=N–C) groups is 1. The third-order valence-electron chi connectivity index (χ3n) is 5.45. The van der Waals surface area contributed by atoms with Gasteiger partial charge in [0.1, 0.15) is 0 Å². The highest BCUT2D eigenvalue weighted by Crippen LogP contribution is 2.39. The van der Waals surface area contributed by atoms with Crippen molar-refractivity contribution in [2.75, 3.05) is 53.4 Å². The van der Waals surface area contributed by atoms with E-state index >= 15 is 0 Å². The molecule has 1 amide bonds. The number of carbonyl (C=O) groups excluding carboxylic acids is 1. The highest BCUT2D eigenvalue weighted by atomic mass is 127. The molecule has 0 bridgehead atoms. The van der Waals surface area contributed by atoms with Crippen LogP contribution in [0.2, 0.25) is 0 Å². The number of amides is 1. The molecule has 0 aromatic heterocycles. The molecule has 1 saturated heterocycles. The zero-order chi connectivity index (χ0) is 18.1. The van der Waals surface area contributed by atoms with Gasteiger partial charge in [0.2, 0.25) is 5.91 Å². The molecule has 7 heteroatoms. The van der Waals surface area contributed by atoms with Crippen molar-refractivity contribution in [1.82, 2.24) is 20.4 Å². The summed E-state index contributed by atoms with van der Waals surface area (Å²) in [6.07, 6.45) is 8.01. The molecule has 1 aliphatic heterocycles. The van der Waals surface area contributed by atoms with Gasteiger partial charge in [-0.1, -0.05) is 12.8 Å². The normalized spacial score (nSPS) is 19.9. The van der Waals surface area contributed by atoms with Crippen LogP contribution in [0.25, 0.3) is 0 Å². The van der Waals surface area contributed by atoms with E-state index in [1.165, 1.54) is 25.9 Å². The van der Waals surface area contributed by atoms with Crippen LogP contribution in [0.4, 0.5) is 0 Å². The molecule has 0 spiro atoms. The Morgan fingerprint density at radius 1 is 1.12 bits per heavy atom. The van der Waals surface area contributed by atoms with Crippen molar-refractivity contribution in [2.45, 2.75) is 51.9 Å². The summed E-state index contributed by atoms with van der Waals surface area (Å²) in [6, 6.07) is 0. The fourth-order valence-corrected chi connectivity index (χ4v) is 4.05. The number of likely N-dealkylation sites (tertiary alicyclic amines) is 1. The van der Waals surface area contributed by atoms with Gasteiger partial charge in [0.15, 0.2) is 5.96 Å².